The highest BCUT2D eigenvalue weighted by atomic mass is 19.4. The van der Waals surface area contributed by atoms with Crippen LogP contribution in [0, 0.1) is 13.8 Å². The Labute approximate surface area is 179 Å². The fourth-order valence-corrected chi connectivity index (χ4v) is 3.54. The van der Waals surface area contributed by atoms with Gasteiger partial charge in [-0.3, -0.25) is 9.59 Å². The van der Waals surface area contributed by atoms with Crippen LogP contribution in [0.25, 0.3) is 0 Å². The average Bonchev–Trinajstić information content (AvgIpc) is 2.73. The minimum Gasteiger partial charge on any atom is -0.484 e. The molecule has 1 heterocycles. The van der Waals surface area contributed by atoms with Crippen LogP contribution in [-0.4, -0.2) is 42.5 Å². The summed E-state index contributed by atoms with van der Waals surface area (Å²) in [7, 11) is 0. The van der Waals surface area contributed by atoms with Gasteiger partial charge in [-0.05, 0) is 62.6 Å². The molecule has 0 atom stereocenters. The van der Waals surface area contributed by atoms with Gasteiger partial charge in [-0.15, -0.1) is 0 Å². The molecule has 0 aromatic heterocycles. The molecule has 1 saturated heterocycles. The molecule has 2 amide bonds. The van der Waals surface area contributed by atoms with E-state index in [2.05, 4.69) is 5.32 Å². The van der Waals surface area contributed by atoms with Gasteiger partial charge in [0.2, 0.25) is 0 Å². The molecule has 166 valence electrons. The first kappa shape index (κ1) is 22.7. The maximum Gasteiger partial charge on any atom is 0.416 e. The van der Waals surface area contributed by atoms with E-state index in [9.17, 15) is 22.8 Å². The van der Waals surface area contributed by atoms with Gasteiger partial charge in [0, 0.05) is 24.7 Å². The molecule has 0 radical (unpaired) electrons. The molecular formula is C23H25F3N2O3. The minimum absolute atomic E-state index is 0.0491. The minimum atomic E-state index is -4.43. The van der Waals surface area contributed by atoms with E-state index in [1.54, 1.807) is 4.90 Å². The standard InChI is InChI=1S/C23H25F3N2O3/c1-15-3-8-20(16(2)13-15)31-14-21(29)28-11-9-19(10-12-28)27-22(30)17-4-6-18(7-5-17)23(24,25)26/h3-8,13,19H,9-12,14H2,1-2H3,(H,27,30). The number of amides is 2. The maximum absolute atomic E-state index is 12.6. The van der Waals surface area contributed by atoms with Crippen LogP contribution in [0.3, 0.4) is 0 Å². The first-order valence-electron chi connectivity index (χ1n) is 10.1. The molecule has 1 N–H and O–H groups in total. The van der Waals surface area contributed by atoms with Crippen molar-refractivity contribution in [1.29, 1.82) is 0 Å². The Morgan fingerprint density at radius 2 is 1.71 bits per heavy atom. The van der Waals surface area contributed by atoms with Crippen LogP contribution >= 0.6 is 0 Å². The first-order valence-corrected chi connectivity index (χ1v) is 10.1. The van der Waals surface area contributed by atoms with Crippen molar-refractivity contribution in [3.63, 3.8) is 0 Å². The third kappa shape index (κ3) is 5.99. The van der Waals surface area contributed by atoms with Crippen LogP contribution in [0.15, 0.2) is 42.5 Å². The third-order valence-corrected chi connectivity index (χ3v) is 5.34. The van der Waals surface area contributed by atoms with Crippen molar-refractivity contribution in [3.8, 4) is 5.75 Å². The summed E-state index contributed by atoms with van der Waals surface area (Å²) in [5, 5.41) is 2.83. The fourth-order valence-electron chi connectivity index (χ4n) is 3.54. The van der Waals surface area contributed by atoms with Gasteiger partial charge < -0.3 is 15.0 Å². The summed E-state index contributed by atoms with van der Waals surface area (Å²) in [5.41, 5.74) is 1.47. The molecule has 1 aliphatic heterocycles. The number of halogens is 3. The summed E-state index contributed by atoms with van der Waals surface area (Å²) in [6, 6.07) is 9.75. The van der Waals surface area contributed by atoms with Crippen LogP contribution in [0.4, 0.5) is 13.2 Å². The highest BCUT2D eigenvalue weighted by Crippen LogP contribution is 2.29. The Morgan fingerprint density at radius 1 is 1.06 bits per heavy atom. The van der Waals surface area contributed by atoms with Crippen molar-refractivity contribution in [2.45, 2.75) is 38.9 Å². The number of carbonyl (C=O) groups excluding carboxylic acids is 2. The van der Waals surface area contributed by atoms with Crippen molar-refractivity contribution in [2.24, 2.45) is 0 Å². The Hall–Kier alpha value is -3.03. The van der Waals surface area contributed by atoms with E-state index in [1.807, 2.05) is 32.0 Å². The van der Waals surface area contributed by atoms with Crippen molar-refractivity contribution in [3.05, 3.63) is 64.7 Å². The number of rotatable bonds is 5. The first-order chi connectivity index (χ1) is 14.6. The van der Waals surface area contributed by atoms with Crippen LogP contribution in [0.1, 0.15) is 39.9 Å². The number of nitrogens with one attached hydrogen (secondary N) is 1. The summed E-state index contributed by atoms with van der Waals surface area (Å²) >= 11 is 0. The molecule has 0 aliphatic carbocycles. The quantitative estimate of drug-likeness (QED) is 0.770. The van der Waals surface area contributed by atoms with E-state index in [-0.39, 0.29) is 24.1 Å². The summed E-state index contributed by atoms with van der Waals surface area (Å²) in [6.45, 7) is 4.83. The zero-order valence-electron chi connectivity index (χ0n) is 17.5. The van der Waals surface area contributed by atoms with Crippen LogP contribution in [0.2, 0.25) is 0 Å². The Bertz CT molecular complexity index is 934. The molecule has 2 aromatic rings. The lowest BCUT2D eigenvalue weighted by atomic mass is 10.0. The van der Waals surface area contributed by atoms with Gasteiger partial charge in [0.25, 0.3) is 11.8 Å². The van der Waals surface area contributed by atoms with E-state index in [1.165, 1.54) is 12.1 Å². The Kier molecular flexibility index (Phi) is 6.87. The number of carbonyl (C=O) groups is 2. The van der Waals surface area contributed by atoms with Gasteiger partial charge in [-0.2, -0.15) is 13.2 Å². The fraction of sp³-hybridized carbons (Fsp3) is 0.391. The molecule has 5 nitrogen and oxygen atoms in total. The molecule has 1 aliphatic rings. The lowest BCUT2D eigenvalue weighted by molar-refractivity contribution is -0.137. The average molecular weight is 434 g/mol. The number of alkyl halides is 3. The van der Waals surface area contributed by atoms with Gasteiger partial charge in [-0.1, -0.05) is 17.7 Å². The lowest BCUT2D eigenvalue weighted by Gasteiger charge is -2.32. The molecule has 8 heteroatoms. The molecule has 0 unspecified atom stereocenters. The van der Waals surface area contributed by atoms with Crippen molar-refractivity contribution in [2.75, 3.05) is 19.7 Å². The zero-order chi connectivity index (χ0) is 22.6. The Balaban J connectivity index is 1.45. The van der Waals surface area contributed by atoms with Gasteiger partial charge in [0.05, 0.1) is 5.56 Å². The molecule has 3 rings (SSSR count). The van der Waals surface area contributed by atoms with Crippen LogP contribution in [0.5, 0.6) is 5.75 Å². The maximum atomic E-state index is 12.6. The number of benzene rings is 2. The van der Waals surface area contributed by atoms with Crippen molar-refractivity contribution < 1.29 is 27.5 Å². The van der Waals surface area contributed by atoms with Gasteiger partial charge in [0.15, 0.2) is 6.61 Å². The zero-order valence-corrected chi connectivity index (χ0v) is 17.5. The van der Waals surface area contributed by atoms with E-state index < -0.39 is 17.6 Å². The number of ether oxygens (including phenoxy) is 1. The number of hydrogen-bond donors (Lipinski definition) is 1. The lowest BCUT2D eigenvalue weighted by Crippen LogP contribution is -2.47. The number of hydrogen-bond acceptors (Lipinski definition) is 3. The second kappa shape index (κ2) is 9.41. The highest BCUT2D eigenvalue weighted by Gasteiger charge is 2.30. The predicted molar refractivity (Wildman–Crippen MR) is 110 cm³/mol. The van der Waals surface area contributed by atoms with Gasteiger partial charge in [-0.25, -0.2) is 0 Å². The molecule has 2 aromatic carbocycles. The molecule has 31 heavy (non-hydrogen) atoms. The Morgan fingerprint density at radius 3 is 2.29 bits per heavy atom. The molecule has 0 saturated carbocycles. The van der Waals surface area contributed by atoms with Crippen molar-refractivity contribution >= 4 is 11.8 Å². The number of nitrogens with zero attached hydrogens (tertiary/aromatic N) is 1. The predicted octanol–water partition coefficient (Wildman–Crippen LogP) is 4.12. The number of piperidine rings is 1. The largest absolute Gasteiger partial charge is 0.484 e. The number of likely N-dealkylation sites (tertiary alicyclic amines) is 1. The SMILES string of the molecule is Cc1ccc(OCC(=O)N2CCC(NC(=O)c3ccc(C(F)(F)F)cc3)CC2)c(C)c1. The van der Waals surface area contributed by atoms with E-state index >= 15 is 0 Å². The summed E-state index contributed by atoms with van der Waals surface area (Å²) in [6.07, 6.45) is -3.29. The van der Waals surface area contributed by atoms with E-state index in [4.69, 9.17) is 4.74 Å². The number of aryl methyl sites for hydroxylation is 2. The highest BCUT2D eigenvalue weighted by molar-refractivity contribution is 5.94. The normalized spacial score (nSPS) is 14.9. The van der Waals surface area contributed by atoms with Gasteiger partial charge >= 0.3 is 6.18 Å². The second-order valence-corrected chi connectivity index (χ2v) is 7.76. The molecule has 0 spiro atoms. The molecule has 1 fully saturated rings. The third-order valence-electron chi connectivity index (χ3n) is 5.34. The summed E-state index contributed by atoms with van der Waals surface area (Å²) in [4.78, 5) is 26.4. The summed E-state index contributed by atoms with van der Waals surface area (Å²) < 4.78 is 43.6. The monoisotopic (exact) mass is 434 g/mol. The second-order valence-electron chi connectivity index (χ2n) is 7.76. The van der Waals surface area contributed by atoms with E-state index in [0.29, 0.717) is 31.7 Å². The van der Waals surface area contributed by atoms with Gasteiger partial charge in [0.1, 0.15) is 5.75 Å². The van der Waals surface area contributed by atoms with E-state index in [0.717, 1.165) is 23.3 Å². The summed E-state index contributed by atoms with van der Waals surface area (Å²) in [5.74, 6) is 0.141. The van der Waals surface area contributed by atoms with Crippen molar-refractivity contribution in [1.82, 2.24) is 10.2 Å². The van der Waals surface area contributed by atoms with Crippen LogP contribution < -0.4 is 10.1 Å². The molecule has 0 bridgehead atoms. The molecular weight excluding hydrogens is 409 g/mol. The smallest absolute Gasteiger partial charge is 0.416 e. The van der Waals surface area contributed by atoms with Crippen LogP contribution in [-0.2, 0) is 11.0 Å². The topological polar surface area (TPSA) is 58.6 Å².